The van der Waals surface area contributed by atoms with Crippen LogP contribution in [0.4, 0.5) is 0 Å². The summed E-state index contributed by atoms with van der Waals surface area (Å²) in [5.74, 6) is -0.0310. The first-order valence-corrected chi connectivity index (χ1v) is 11.6. The number of carbonyl (C=O) groups excluding carboxylic acids is 2. The fourth-order valence-corrected chi connectivity index (χ4v) is 5.97. The fourth-order valence-electron chi connectivity index (χ4n) is 4.72. The molecule has 31 heavy (non-hydrogen) atoms. The molecule has 2 aliphatic heterocycles. The summed E-state index contributed by atoms with van der Waals surface area (Å²) in [5, 5.41) is 4.20. The van der Waals surface area contributed by atoms with Gasteiger partial charge in [0, 0.05) is 42.2 Å². The second-order valence-electron chi connectivity index (χ2n) is 9.03. The van der Waals surface area contributed by atoms with Gasteiger partial charge < -0.3 is 10.2 Å². The highest BCUT2D eigenvalue weighted by molar-refractivity contribution is 7.19. The maximum Gasteiger partial charge on any atom is 0.248 e. The maximum absolute atomic E-state index is 12.8. The predicted molar refractivity (Wildman–Crippen MR) is 124 cm³/mol. The summed E-state index contributed by atoms with van der Waals surface area (Å²) in [5.41, 5.74) is 1.84. The Kier molecular flexibility index (Phi) is 5.07. The number of carbonyl (C=O) groups is 2. The highest BCUT2D eigenvalue weighted by atomic mass is 32.1. The van der Waals surface area contributed by atoms with Crippen LogP contribution in [0.3, 0.4) is 0 Å². The molecule has 2 aromatic carbocycles. The fraction of sp³-hybridized carbons (Fsp3) is 0.360. The molecule has 1 unspecified atom stereocenters. The molecule has 2 fully saturated rings. The third kappa shape index (κ3) is 3.75. The Bertz CT molecular complexity index is 1140. The van der Waals surface area contributed by atoms with E-state index in [0.717, 1.165) is 19.5 Å². The van der Waals surface area contributed by atoms with Gasteiger partial charge in [-0.2, -0.15) is 0 Å². The van der Waals surface area contributed by atoms with Crippen LogP contribution >= 0.6 is 11.3 Å². The van der Waals surface area contributed by atoms with Crippen LogP contribution in [0.15, 0.2) is 54.6 Å². The molecule has 0 bridgehead atoms. The first kappa shape index (κ1) is 20.2. The van der Waals surface area contributed by atoms with E-state index >= 15 is 0 Å². The first-order valence-electron chi connectivity index (χ1n) is 10.8. The first-order chi connectivity index (χ1) is 14.9. The number of benzene rings is 2. The van der Waals surface area contributed by atoms with Crippen molar-refractivity contribution in [3.63, 3.8) is 0 Å². The third-order valence-electron chi connectivity index (χ3n) is 6.37. The van der Waals surface area contributed by atoms with Gasteiger partial charge in [-0.15, -0.1) is 11.3 Å². The quantitative estimate of drug-likeness (QED) is 0.686. The molecule has 3 aromatic rings. The largest absolute Gasteiger partial charge is 0.340 e. The zero-order valence-corrected chi connectivity index (χ0v) is 18.7. The molecule has 2 aliphatic rings. The molecular weight excluding hydrogens is 406 g/mol. The third-order valence-corrected chi connectivity index (χ3v) is 7.58. The summed E-state index contributed by atoms with van der Waals surface area (Å²) in [7, 11) is 0. The number of hydrogen-bond donors (Lipinski definition) is 1. The van der Waals surface area contributed by atoms with Crippen LogP contribution in [0.1, 0.15) is 29.9 Å². The Morgan fingerprint density at radius 2 is 1.77 bits per heavy atom. The van der Waals surface area contributed by atoms with Crippen LogP contribution in [0.25, 0.3) is 10.1 Å². The van der Waals surface area contributed by atoms with Crippen molar-refractivity contribution in [3.8, 4) is 0 Å². The minimum Gasteiger partial charge on any atom is -0.340 e. The Hall–Kier alpha value is -2.70. The smallest absolute Gasteiger partial charge is 0.248 e. The van der Waals surface area contributed by atoms with Gasteiger partial charge in [0.15, 0.2) is 0 Å². The number of piperazine rings is 2. The van der Waals surface area contributed by atoms with Crippen molar-refractivity contribution in [2.45, 2.75) is 38.4 Å². The monoisotopic (exact) mass is 433 g/mol. The van der Waals surface area contributed by atoms with Crippen LogP contribution in [0.2, 0.25) is 0 Å². The van der Waals surface area contributed by atoms with E-state index in [9.17, 15) is 9.59 Å². The molecule has 1 N–H and O–H groups in total. The van der Waals surface area contributed by atoms with Gasteiger partial charge in [-0.3, -0.25) is 14.5 Å². The SMILES string of the molecule is CC1(C)NC(=O)C2CN(Cc3c(Cc4ccccc4)sc4ccccc34)CCN2C1=O. The van der Waals surface area contributed by atoms with Crippen LogP contribution in [0.5, 0.6) is 0 Å². The summed E-state index contributed by atoms with van der Waals surface area (Å²) in [4.78, 5) is 31.0. The van der Waals surface area contributed by atoms with Crippen molar-refractivity contribution in [3.05, 3.63) is 70.6 Å². The van der Waals surface area contributed by atoms with Crippen molar-refractivity contribution < 1.29 is 9.59 Å². The van der Waals surface area contributed by atoms with Gasteiger partial charge in [0.05, 0.1) is 0 Å². The molecule has 0 radical (unpaired) electrons. The Balaban J connectivity index is 1.41. The zero-order chi connectivity index (χ0) is 21.6. The molecule has 1 atom stereocenters. The van der Waals surface area contributed by atoms with E-state index < -0.39 is 11.6 Å². The second-order valence-corrected chi connectivity index (χ2v) is 10.2. The van der Waals surface area contributed by atoms with Crippen LogP contribution < -0.4 is 5.32 Å². The molecular formula is C25H27N3O2S. The number of thiophene rings is 1. The van der Waals surface area contributed by atoms with E-state index in [1.807, 2.05) is 17.4 Å². The highest BCUT2D eigenvalue weighted by Crippen LogP contribution is 2.34. The molecule has 1 aromatic heterocycles. The van der Waals surface area contributed by atoms with Crippen molar-refractivity contribution in [1.29, 1.82) is 0 Å². The summed E-state index contributed by atoms with van der Waals surface area (Å²) in [6.45, 7) is 6.30. The van der Waals surface area contributed by atoms with Crippen molar-refractivity contribution in [1.82, 2.24) is 15.1 Å². The van der Waals surface area contributed by atoms with Crippen molar-refractivity contribution >= 4 is 33.2 Å². The lowest BCUT2D eigenvalue weighted by atomic mass is 9.95. The number of nitrogens with zero attached hydrogens (tertiary/aromatic N) is 2. The average molecular weight is 434 g/mol. The molecule has 6 heteroatoms. The average Bonchev–Trinajstić information content (AvgIpc) is 3.09. The molecule has 0 saturated carbocycles. The van der Waals surface area contributed by atoms with E-state index in [-0.39, 0.29) is 11.8 Å². The van der Waals surface area contributed by atoms with Gasteiger partial charge in [-0.1, -0.05) is 48.5 Å². The summed E-state index contributed by atoms with van der Waals surface area (Å²) < 4.78 is 1.30. The van der Waals surface area contributed by atoms with Gasteiger partial charge in [0.1, 0.15) is 11.6 Å². The number of amides is 2. The number of fused-ring (bicyclic) bond motifs is 2. The molecule has 2 saturated heterocycles. The van der Waals surface area contributed by atoms with E-state index in [1.165, 1.54) is 26.1 Å². The van der Waals surface area contributed by atoms with Crippen LogP contribution in [0, 0.1) is 0 Å². The van der Waals surface area contributed by atoms with Crippen LogP contribution in [-0.2, 0) is 22.6 Å². The van der Waals surface area contributed by atoms with Gasteiger partial charge in [-0.25, -0.2) is 0 Å². The molecule has 5 rings (SSSR count). The lowest BCUT2D eigenvalue weighted by molar-refractivity contribution is -0.157. The lowest BCUT2D eigenvalue weighted by Gasteiger charge is -2.47. The number of nitrogens with one attached hydrogen (secondary N) is 1. The summed E-state index contributed by atoms with van der Waals surface area (Å²) in [6, 6.07) is 18.7. The Labute approximate surface area is 186 Å². The standard InChI is InChI=1S/C25H27N3O2S/c1-25(2)24(30)28-13-12-27(16-20(28)23(29)26-25)15-19-18-10-6-7-11-21(18)31-22(19)14-17-8-4-3-5-9-17/h3-11,20H,12-16H2,1-2H3,(H,26,29). The molecule has 0 aliphatic carbocycles. The minimum atomic E-state index is -0.817. The van der Waals surface area contributed by atoms with E-state index in [2.05, 4.69) is 58.7 Å². The number of hydrogen-bond acceptors (Lipinski definition) is 4. The Morgan fingerprint density at radius 3 is 2.58 bits per heavy atom. The van der Waals surface area contributed by atoms with Gasteiger partial charge in [0.25, 0.3) is 0 Å². The summed E-state index contributed by atoms with van der Waals surface area (Å²) in [6.07, 6.45) is 0.909. The zero-order valence-electron chi connectivity index (χ0n) is 17.9. The van der Waals surface area contributed by atoms with Crippen molar-refractivity contribution in [2.24, 2.45) is 0 Å². The van der Waals surface area contributed by atoms with E-state index in [1.54, 1.807) is 18.7 Å². The van der Waals surface area contributed by atoms with E-state index in [0.29, 0.717) is 13.1 Å². The molecule has 3 heterocycles. The lowest BCUT2D eigenvalue weighted by Crippen LogP contribution is -2.72. The van der Waals surface area contributed by atoms with E-state index in [4.69, 9.17) is 0 Å². The van der Waals surface area contributed by atoms with Crippen molar-refractivity contribution in [2.75, 3.05) is 19.6 Å². The molecule has 2 amide bonds. The van der Waals surface area contributed by atoms with Crippen LogP contribution in [-0.4, -0.2) is 52.8 Å². The minimum absolute atomic E-state index is 0.0162. The molecule has 5 nitrogen and oxygen atoms in total. The highest BCUT2D eigenvalue weighted by Gasteiger charge is 2.47. The Morgan fingerprint density at radius 1 is 1.03 bits per heavy atom. The number of rotatable bonds is 4. The topological polar surface area (TPSA) is 52.7 Å². The van der Waals surface area contributed by atoms with Gasteiger partial charge in [0.2, 0.25) is 11.8 Å². The second kappa shape index (κ2) is 7.77. The maximum atomic E-state index is 12.8. The molecule has 160 valence electrons. The predicted octanol–water partition coefficient (Wildman–Crippen LogP) is 3.41. The molecule has 0 spiro atoms. The van der Waals surface area contributed by atoms with Gasteiger partial charge >= 0.3 is 0 Å². The van der Waals surface area contributed by atoms with Gasteiger partial charge in [-0.05, 0) is 36.4 Å². The normalized spacial score (nSPS) is 21.2. The summed E-state index contributed by atoms with van der Waals surface area (Å²) >= 11 is 1.86.